The van der Waals surface area contributed by atoms with Gasteiger partial charge >= 0.3 is 0 Å². The van der Waals surface area contributed by atoms with Crippen LogP contribution in [0.5, 0.6) is 0 Å². The fourth-order valence-electron chi connectivity index (χ4n) is 3.71. The molecule has 4 rings (SSSR count). The van der Waals surface area contributed by atoms with Crippen molar-refractivity contribution >= 4 is 5.91 Å². The van der Waals surface area contributed by atoms with E-state index in [0.29, 0.717) is 30.4 Å². The van der Waals surface area contributed by atoms with E-state index in [1.165, 1.54) is 6.33 Å². The van der Waals surface area contributed by atoms with Crippen molar-refractivity contribution in [1.29, 1.82) is 0 Å². The number of aromatic nitrogens is 5. The van der Waals surface area contributed by atoms with Gasteiger partial charge in [-0.2, -0.15) is 5.10 Å². The molecule has 152 valence electrons. The summed E-state index contributed by atoms with van der Waals surface area (Å²) >= 11 is 0. The van der Waals surface area contributed by atoms with Crippen LogP contribution in [0.15, 0.2) is 35.3 Å². The maximum absolute atomic E-state index is 13.3. The highest BCUT2D eigenvalue weighted by atomic mass is 16.4. The van der Waals surface area contributed by atoms with Crippen LogP contribution in [0.25, 0.3) is 5.69 Å². The average Bonchev–Trinajstić information content (AvgIpc) is 3.39. The second kappa shape index (κ2) is 8.12. The summed E-state index contributed by atoms with van der Waals surface area (Å²) < 4.78 is 7.56. The lowest BCUT2D eigenvalue weighted by molar-refractivity contribution is 0.0568. The molecule has 0 saturated carbocycles. The van der Waals surface area contributed by atoms with Crippen molar-refractivity contribution < 1.29 is 9.21 Å². The van der Waals surface area contributed by atoms with Crippen LogP contribution in [0.3, 0.4) is 0 Å². The predicted molar refractivity (Wildman–Crippen MR) is 105 cm³/mol. The molecule has 2 aromatic heterocycles. The molecule has 0 spiro atoms. The molecule has 3 aromatic rings. The Balaban J connectivity index is 1.57. The van der Waals surface area contributed by atoms with Gasteiger partial charge in [-0.05, 0) is 64.0 Å². The fourth-order valence-corrected chi connectivity index (χ4v) is 3.71. The molecule has 1 aliphatic heterocycles. The van der Waals surface area contributed by atoms with Gasteiger partial charge in [-0.3, -0.25) is 4.79 Å². The van der Waals surface area contributed by atoms with E-state index in [1.54, 1.807) is 11.0 Å². The number of aryl methyl sites for hydroxylation is 1. The van der Waals surface area contributed by atoms with Gasteiger partial charge in [0.1, 0.15) is 18.7 Å². The van der Waals surface area contributed by atoms with Crippen LogP contribution in [-0.4, -0.2) is 61.3 Å². The minimum absolute atomic E-state index is 0.0182. The van der Waals surface area contributed by atoms with Crippen molar-refractivity contribution in [2.75, 3.05) is 20.6 Å². The fraction of sp³-hybridized carbons (Fsp3) is 0.450. The molecule has 0 bridgehead atoms. The van der Waals surface area contributed by atoms with Gasteiger partial charge in [0.15, 0.2) is 0 Å². The Morgan fingerprint density at radius 3 is 2.86 bits per heavy atom. The highest BCUT2D eigenvalue weighted by Gasteiger charge is 2.32. The van der Waals surface area contributed by atoms with Crippen molar-refractivity contribution in [1.82, 2.24) is 34.8 Å². The maximum atomic E-state index is 13.3. The van der Waals surface area contributed by atoms with Gasteiger partial charge in [-0.25, -0.2) is 9.67 Å². The summed E-state index contributed by atoms with van der Waals surface area (Å²) in [6.45, 7) is 3.22. The summed E-state index contributed by atoms with van der Waals surface area (Å²) in [7, 11) is 3.90. The highest BCUT2D eigenvalue weighted by Crippen LogP contribution is 2.32. The highest BCUT2D eigenvalue weighted by molar-refractivity contribution is 5.95. The van der Waals surface area contributed by atoms with Crippen LogP contribution in [0, 0.1) is 6.92 Å². The van der Waals surface area contributed by atoms with E-state index in [9.17, 15) is 4.79 Å². The molecule has 29 heavy (non-hydrogen) atoms. The van der Waals surface area contributed by atoms with Crippen LogP contribution in [0.2, 0.25) is 0 Å². The largest absolute Gasteiger partial charge is 0.422 e. The molecule has 0 N–H and O–H groups in total. The minimum Gasteiger partial charge on any atom is -0.422 e. The zero-order chi connectivity index (χ0) is 20.4. The second-order valence-corrected chi connectivity index (χ2v) is 7.62. The second-order valence-electron chi connectivity index (χ2n) is 7.62. The monoisotopic (exact) mass is 395 g/mol. The third kappa shape index (κ3) is 4.04. The van der Waals surface area contributed by atoms with Crippen molar-refractivity contribution in [3.63, 3.8) is 0 Å². The number of piperidine rings is 1. The van der Waals surface area contributed by atoms with Crippen LogP contribution < -0.4 is 0 Å². The summed E-state index contributed by atoms with van der Waals surface area (Å²) in [5.41, 5.74) is 2.51. The van der Waals surface area contributed by atoms with E-state index in [-0.39, 0.29) is 11.9 Å². The number of hydrogen-bond acceptors (Lipinski definition) is 7. The molecule has 3 heterocycles. The first kappa shape index (κ1) is 19.3. The molecule has 9 nitrogen and oxygen atoms in total. The molecule has 0 unspecified atom stereocenters. The summed E-state index contributed by atoms with van der Waals surface area (Å²) in [4.78, 5) is 21.1. The number of amides is 1. The molecule has 0 aliphatic carbocycles. The summed E-state index contributed by atoms with van der Waals surface area (Å²) in [5.74, 6) is 1.07. The number of rotatable bonds is 5. The lowest BCUT2D eigenvalue weighted by Gasteiger charge is -2.33. The Hall–Kier alpha value is -3.07. The Bertz CT molecular complexity index is 981. The smallest absolute Gasteiger partial charge is 0.254 e. The Kier molecular flexibility index (Phi) is 5.39. The average molecular weight is 395 g/mol. The molecule has 9 heteroatoms. The number of likely N-dealkylation sites (tertiary alicyclic amines) is 1. The molecule has 1 fully saturated rings. The molecule has 0 radical (unpaired) electrons. The maximum Gasteiger partial charge on any atom is 0.254 e. The van der Waals surface area contributed by atoms with Crippen LogP contribution in [0.4, 0.5) is 0 Å². The molecule has 1 aliphatic rings. The third-order valence-corrected chi connectivity index (χ3v) is 5.09. The van der Waals surface area contributed by atoms with E-state index in [1.807, 2.05) is 49.0 Å². The summed E-state index contributed by atoms with van der Waals surface area (Å²) in [6.07, 6.45) is 5.96. The van der Waals surface area contributed by atoms with E-state index in [2.05, 4.69) is 20.3 Å². The number of hydrogen-bond donors (Lipinski definition) is 0. The van der Waals surface area contributed by atoms with Crippen LogP contribution >= 0.6 is 0 Å². The first-order valence-corrected chi connectivity index (χ1v) is 9.76. The zero-order valence-corrected chi connectivity index (χ0v) is 16.9. The number of nitrogens with zero attached hydrogens (tertiary/aromatic N) is 7. The Morgan fingerprint density at radius 2 is 2.14 bits per heavy atom. The quantitative estimate of drug-likeness (QED) is 0.655. The zero-order valence-electron chi connectivity index (χ0n) is 16.9. The first-order valence-electron chi connectivity index (χ1n) is 9.76. The standard InChI is InChI=1S/C20H25N7O2/c1-14-10-15(7-8-16(14)27-13-21-12-22-27)20(28)26-9-5-4-6-17(26)19-24-23-18(29-19)11-25(2)3/h7-8,10,12-13,17H,4-6,9,11H2,1-3H3/t17-/m1/s1. The molecule has 1 aromatic carbocycles. The van der Waals surface area contributed by atoms with Crippen LogP contribution in [-0.2, 0) is 6.54 Å². The normalized spacial score (nSPS) is 17.1. The number of carbonyl (C=O) groups excluding carboxylic acids is 1. The molecular weight excluding hydrogens is 370 g/mol. The summed E-state index contributed by atoms with van der Waals surface area (Å²) in [6, 6.07) is 5.45. The van der Waals surface area contributed by atoms with Crippen molar-refractivity contribution in [3.05, 3.63) is 53.8 Å². The molecule has 1 amide bonds. The predicted octanol–water partition coefficient (Wildman–Crippen LogP) is 2.39. The SMILES string of the molecule is Cc1cc(C(=O)N2CCCC[C@@H]2c2nnc(CN(C)C)o2)ccc1-n1cncn1. The number of benzene rings is 1. The van der Waals surface area contributed by atoms with Gasteiger partial charge in [-0.1, -0.05) is 0 Å². The topological polar surface area (TPSA) is 93.2 Å². The Labute approximate surface area is 169 Å². The lowest BCUT2D eigenvalue weighted by atomic mass is 10.00. The Morgan fingerprint density at radius 1 is 1.28 bits per heavy atom. The van der Waals surface area contributed by atoms with E-state index in [0.717, 1.165) is 30.5 Å². The van der Waals surface area contributed by atoms with Crippen molar-refractivity contribution in [2.45, 2.75) is 38.8 Å². The van der Waals surface area contributed by atoms with Gasteiger partial charge in [-0.15, -0.1) is 10.2 Å². The molecule has 1 saturated heterocycles. The minimum atomic E-state index is -0.185. The van der Waals surface area contributed by atoms with Crippen molar-refractivity contribution in [2.24, 2.45) is 0 Å². The van der Waals surface area contributed by atoms with E-state index < -0.39 is 0 Å². The van der Waals surface area contributed by atoms with Gasteiger partial charge in [0, 0.05) is 12.1 Å². The van der Waals surface area contributed by atoms with Crippen LogP contribution in [0.1, 0.15) is 53.0 Å². The van der Waals surface area contributed by atoms with Gasteiger partial charge in [0.05, 0.1) is 12.2 Å². The van der Waals surface area contributed by atoms with Gasteiger partial charge in [0.2, 0.25) is 11.8 Å². The van der Waals surface area contributed by atoms with Gasteiger partial charge in [0.25, 0.3) is 5.91 Å². The molecular formula is C20H25N7O2. The van der Waals surface area contributed by atoms with Crippen molar-refractivity contribution in [3.8, 4) is 5.69 Å². The summed E-state index contributed by atoms with van der Waals surface area (Å²) in [5, 5.41) is 12.5. The molecule has 1 atom stereocenters. The third-order valence-electron chi connectivity index (χ3n) is 5.09. The number of carbonyl (C=O) groups is 1. The van der Waals surface area contributed by atoms with Gasteiger partial charge < -0.3 is 14.2 Å². The first-order chi connectivity index (χ1) is 14.0. The lowest BCUT2D eigenvalue weighted by Crippen LogP contribution is -2.38. The van der Waals surface area contributed by atoms with E-state index in [4.69, 9.17) is 4.42 Å². The van der Waals surface area contributed by atoms with E-state index >= 15 is 0 Å².